The van der Waals surface area contributed by atoms with E-state index in [4.69, 9.17) is 14.9 Å². The predicted octanol–water partition coefficient (Wildman–Crippen LogP) is 1.58. The number of hydrogen-bond donors (Lipinski definition) is 1. The molecule has 162 valence electrons. The van der Waals surface area contributed by atoms with E-state index in [2.05, 4.69) is 16.8 Å². The second-order valence-corrected chi connectivity index (χ2v) is 7.58. The number of aromatic nitrogens is 2. The van der Waals surface area contributed by atoms with Crippen molar-refractivity contribution in [1.29, 1.82) is 5.41 Å². The van der Waals surface area contributed by atoms with Crippen molar-refractivity contribution in [1.82, 2.24) is 14.5 Å². The average molecular weight is 417 g/mol. The molecule has 2 heterocycles. The van der Waals surface area contributed by atoms with Crippen LogP contribution in [0.2, 0.25) is 0 Å². The Morgan fingerprint density at radius 3 is 2.33 bits per heavy atom. The molecule has 1 aliphatic heterocycles. The van der Waals surface area contributed by atoms with Gasteiger partial charge in [0.15, 0.2) is 5.69 Å². The summed E-state index contributed by atoms with van der Waals surface area (Å²) < 4.78 is 11.7. The van der Waals surface area contributed by atoms with Crippen molar-refractivity contribution in [3.63, 3.8) is 0 Å². The number of nitrogens with one attached hydrogen (secondary N) is 1. The smallest absolute Gasteiger partial charge is 0.410 e. The van der Waals surface area contributed by atoms with Crippen LogP contribution in [0.4, 0.5) is 10.7 Å². The Kier molecular flexibility index (Phi) is 7.21. The van der Waals surface area contributed by atoms with E-state index in [1.807, 2.05) is 25.7 Å². The van der Waals surface area contributed by atoms with Crippen molar-refractivity contribution < 1.29 is 23.9 Å². The van der Waals surface area contributed by atoms with Crippen LogP contribution >= 0.6 is 0 Å². The van der Waals surface area contributed by atoms with Crippen molar-refractivity contribution in [2.24, 2.45) is 0 Å². The average Bonchev–Trinajstić information content (AvgIpc) is 3.09. The number of ether oxygens (including phenoxy) is 2. The second kappa shape index (κ2) is 9.43. The number of carbonyl (C=O) groups is 3. The summed E-state index contributed by atoms with van der Waals surface area (Å²) in [6, 6.07) is 0. The highest BCUT2D eigenvalue weighted by molar-refractivity contribution is 6.35. The third-order valence-electron chi connectivity index (χ3n) is 4.32. The summed E-state index contributed by atoms with van der Waals surface area (Å²) >= 11 is 0. The molecule has 0 aliphatic carbocycles. The van der Waals surface area contributed by atoms with Crippen LogP contribution in [0.5, 0.6) is 0 Å². The number of carbonyl (C=O) groups excluding carboxylic acids is 3. The Hall–Kier alpha value is -3.35. The molecule has 1 saturated heterocycles. The lowest BCUT2D eigenvalue weighted by molar-refractivity contribution is 0.0240. The number of imidazole rings is 1. The molecule has 0 atom stereocenters. The number of rotatable bonds is 5. The summed E-state index contributed by atoms with van der Waals surface area (Å²) in [5, 5.41) is 7.27. The first-order chi connectivity index (χ1) is 14.1. The van der Waals surface area contributed by atoms with Crippen molar-refractivity contribution in [2.45, 2.75) is 39.8 Å². The van der Waals surface area contributed by atoms with E-state index in [-0.39, 0.29) is 17.9 Å². The van der Waals surface area contributed by atoms with Gasteiger partial charge in [-0.3, -0.25) is 9.36 Å². The van der Waals surface area contributed by atoms with Crippen molar-refractivity contribution in [3.8, 4) is 11.8 Å². The van der Waals surface area contributed by atoms with Gasteiger partial charge in [0.2, 0.25) is 11.7 Å². The van der Waals surface area contributed by atoms with Gasteiger partial charge in [-0.15, -0.1) is 5.92 Å². The van der Waals surface area contributed by atoms with Crippen LogP contribution in [-0.4, -0.2) is 77.4 Å². The van der Waals surface area contributed by atoms with Crippen molar-refractivity contribution in [3.05, 3.63) is 11.4 Å². The van der Waals surface area contributed by atoms with Gasteiger partial charge in [0.1, 0.15) is 11.3 Å². The molecular weight excluding hydrogens is 390 g/mol. The number of amides is 1. The minimum atomic E-state index is -0.732. The number of methoxy groups -OCH3 is 1. The maximum atomic E-state index is 12.4. The van der Waals surface area contributed by atoms with Gasteiger partial charge >= 0.3 is 12.1 Å². The molecule has 1 aliphatic rings. The Labute approximate surface area is 175 Å². The maximum Gasteiger partial charge on any atom is 0.410 e. The highest BCUT2D eigenvalue weighted by atomic mass is 16.6. The van der Waals surface area contributed by atoms with Gasteiger partial charge < -0.3 is 24.7 Å². The number of piperazine rings is 1. The molecule has 10 heteroatoms. The molecule has 1 aromatic heterocycles. The minimum Gasteiger partial charge on any atom is -0.464 e. The molecule has 0 unspecified atom stereocenters. The van der Waals surface area contributed by atoms with Gasteiger partial charge in [-0.25, -0.2) is 14.6 Å². The maximum absolute atomic E-state index is 12.4. The van der Waals surface area contributed by atoms with Gasteiger partial charge in [0, 0.05) is 26.2 Å². The molecule has 0 radical (unpaired) electrons. The fourth-order valence-electron chi connectivity index (χ4n) is 2.95. The quantitative estimate of drug-likeness (QED) is 0.334. The van der Waals surface area contributed by atoms with Crippen molar-refractivity contribution in [2.75, 3.05) is 38.2 Å². The highest BCUT2D eigenvalue weighted by Gasteiger charge is 2.32. The van der Waals surface area contributed by atoms with Crippen LogP contribution < -0.4 is 4.90 Å². The first-order valence-electron chi connectivity index (χ1n) is 9.49. The van der Waals surface area contributed by atoms with Crippen LogP contribution in [0.3, 0.4) is 0 Å². The molecule has 0 aromatic carbocycles. The van der Waals surface area contributed by atoms with Gasteiger partial charge in [-0.1, -0.05) is 5.92 Å². The lowest BCUT2D eigenvalue weighted by Crippen LogP contribution is -2.50. The molecule has 1 N–H and O–H groups in total. The topological polar surface area (TPSA) is 118 Å². The normalized spacial score (nSPS) is 13.9. The van der Waals surface area contributed by atoms with Gasteiger partial charge in [-0.05, 0) is 27.7 Å². The fourth-order valence-corrected chi connectivity index (χ4v) is 2.95. The molecule has 1 aromatic rings. The molecular formula is C20H27N5O5. The highest BCUT2D eigenvalue weighted by Crippen LogP contribution is 2.23. The first kappa shape index (κ1) is 22.9. The Balaban J connectivity index is 2.34. The van der Waals surface area contributed by atoms with E-state index in [1.54, 1.807) is 11.8 Å². The summed E-state index contributed by atoms with van der Waals surface area (Å²) in [7, 11) is 1.21. The first-order valence-corrected chi connectivity index (χ1v) is 9.49. The minimum absolute atomic E-state index is 0.0432. The standard InChI is InChI=1S/C20H27N5O5/c1-6-7-8-25-16(17(27)29-5)15(14(26)13-21)22-18(25)23-9-11-24(12-10-23)19(28)30-20(2,3)4/h13,21H,8-12H2,1-5H3. The summed E-state index contributed by atoms with van der Waals surface area (Å²) in [5.41, 5.74) is -0.779. The lowest BCUT2D eigenvalue weighted by atomic mass is 10.2. The number of Topliss-reactive ketones (excluding diaryl/α,β-unsaturated/α-hetero) is 1. The summed E-state index contributed by atoms with van der Waals surface area (Å²) in [4.78, 5) is 44.7. The van der Waals surface area contributed by atoms with E-state index >= 15 is 0 Å². The second-order valence-electron chi connectivity index (χ2n) is 7.58. The van der Waals surface area contributed by atoms with Gasteiger partial charge in [-0.2, -0.15) is 0 Å². The Morgan fingerprint density at radius 2 is 1.83 bits per heavy atom. The summed E-state index contributed by atoms with van der Waals surface area (Å²) in [6.07, 6.45) is 0.215. The molecule has 0 bridgehead atoms. The summed E-state index contributed by atoms with van der Waals surface area (Å²) in [5.74, 6) is 4.56. The number of esters is 1. The molecule has 30 heavy (non-hydrogen) atoms. The largest absolute Gasteiger partial charge is 0.464 e. The molecule has 1 fully saturated rings. The van der Waals surface area contributed by atoms with E-state index in [9.17, 15) is 14.4 Å². The lowest BCUT2D eigenvalue weighted by Gasteiger charge is -2.36. The Bertz CT molecular complexity index is 895. The monoisotopic (exact) mass is 417 g/mol. The van der Waals surface area contributed by atoms with E-state index < -0.39 is 23.4 Å². The van der Waals surface area contributed by atoms with Crippen LogP contribution in [0.25, 0.3) is 0 Å². The molecule has 10 nitrogen and oxygen atoms in total. The number of nitrogens with zero attached hydrogens (tertiary/aromatic N) is 4. The number of ketones is 1. The van der Waals surface area contributed by atoms with Crippen molar-refractivity contribution >= 4 is 30.0 Å². The molecule has 0 spiro atoms. The van der Waals surface area contributed by atoms with E-state index in [0.717, 1.165) is 0 Å². The van der Waals surface area contributed by atoms with Crippen LogP contribution in [0.1, 0.15) is 48.7 Å². The van der Waals surface area contributed by atoms with E-state index in [0.29, 0.717) is 38.3 Å². The SMILES string of the molecule is CC#CCn1c(N2CCN(C(=O)OC(C)(C)C)CC2)nc(C(=O)C=N)c1C(=O)OC. The zero-order chi connectivity index (χ0) is 22.5. The third-order valence-corrected chi connectivity index (χ3v) is 4.32. The Morgan fingerprint density at radius 1 is 1.20 bits per heavy atom. The molecule has 2 rings (SSSR count). The molecule has 0 saturated carbocycles. The predicted molar refractivity (Wildman–Crippen MR) is 110 cm³/mol. The summed E-state index contributed by atoms with van der Waals surface area (Å²) in [6.45, 7) is 8.85. The number of hydrogen-bond acceptors (Lipinski definition) is 8. The fraction of sp³-hybridized carbons (Fsp3) is 0.550. The van der Waals surface area contributed by atoms with Gasteiger partial charge in [0.05, 0.1) is 19.9 Å². The zero-order valence-corrected chi connectivity index (χ0v) is 17.9. The number of anilines is 1. The third kappa shape index (κ3) is 5.17. The van der Waals surface area contributed by atoms with Crippen LogP contribution in [0, 0.1) is 17.3 Å². The van der Waals surface area contributed by atoms with Crippen LogP contribution in [-0.2, 0) is 16.0 Å². The zero-order valence-electron chi connectivity index (χ0n) is 17.9. The van der Waals surface area contributed by atoms with E-state index in [1.165, 1.54) is 11.7 Å². The molecule has 1 amide bonds. The van der Waals surface area contributed by atoms with Crippen LogP contribution in [0.15, 0.2) is 0 Å². The van der Waals surface area contributed by atoms with Gasteiger partial charge in [0.25, 0.3) is 0 Å².